The summed E-state index contributed by atoms with van der Waals surface area (Å²) in [5.74, 6) is 1.87. The molecule has 2 nitrogen and oxygen atoms in total. The van der Waals surface area contributed by atoms with E-state index in [0.717, 1.165) is 24.7 Å². The molecular weight excluding hydrogens is 254 g/mol. The average Bonchev–Trinajstić information content (AvgIpc) is 2.93. The largest absolute Gasteiger partial charge is 0.493 e. The SMILES string of the molecule is c1csc(C(Nc2ccc3c(c2)CCO3)C2CC2)c1. The molecule has 19 heavy (non-hydrogen) atoms. The zero-order valence-corrected chi connectivity index (χ0v) is 11.6. The van der Waals surface area contributed by atoms with Gasteiger partial charge in [0.1, 0.15) is 5.75 Å². The number of rotatable bonds is 4. The van der Waals surface area contributed by atoms with Gasteiger partial charge in [0.2, 0.25) is 0 Å². The Morgan fingerprint density at radius 2 is 2.21 bits per heavy atom. The molecule has 3 heteroatoms. The lowest BCUT2D eigenvalue weighted by molar-refractivity contribution is 0.357. The first kappa shape index (κ1) is 11.4. The van der Waals surface area contributed by atoms with Crippen LogP contribution in [0.4, 0.5) is 5.69 Å². The molecule has 1 aromatic heterocycles. The van der Waals surface area contributed by atoms with Crippen LogP contribution in [0.15, 0.2) is 35.7 Å². The third-order valence-corrected chi connectivity index (χ3v) is 4.91. The van der Waals surface area contributed by atoms with Crippen molar-refractivity contribution in [2.75, 3.05) is 11.9 Å². The molecule has 1 aliphatic heterocycles. The fourth-order valence-electron chi connectivity index (χ4n) is 2.77. The van der Waals surface area contributed by atoms with E-state index in [1.54, 1.807) is 0 Å². The first-order valence-electron chi connectivity index (χ1n) is 6.96. The average molecular weight is 271 g/mol. The van der Waals surface area contributed by atoms with Crippen LogP contribution in [0.25, 0.3) is 0 Å². The van der Waals surface area contributed by atoms with Gasteiger partial charge in [0.25, 0.3) is 0 Å². The molecule has 1 saturated carbocycles. The minimum absolute atomic E-state index is 0.486. The maximum atomic E-state index is 5.56. The van der Waals surface area contributed by atoms with E-state index in [2.05, 4.69) is 41.0 Å². The van der Waals surface area contributed by atoms with Gasteiger partial charge in [0.05, 0.1) is 12.6 Å². The predicted molar refractivity (Wildman–Crippen MR) is 79.0 cm³/mol. The molecule has 0 radical (unpaired) electrons. The summed E-state index contributed by atoms with van der Waals surface area (Å²) < 4.78 is 5.56. The van der Waals surface area contributed by atoms with E-state index in [-0.39, 0.29) is 0 Å². The number of benzene rings is 1. The summed E-state index contributed by atoms with van der Waals surface area (Å²) in [6, 6.07) is 11.4. The van der Waals surface area contributed by atoms with Crippen molar-refractivity contribution < 1.29 is 4.74 Å². The molecule has 98 valence electrons. The van der Waals surface area contributed by atoms with Crippen LogP contribution in [0.2, 0.25) is 0 Å². The standard InChI is InChI=1S/C16H17NOS/c1-2-15(19-9-1)16(11-3-4-11)17-13-5-6-14-12(10-13)7-8-18-14/h1-2,5-6,9-11,16-17H,3-4,7-8H2. The van der Waals surface area contributed by atoms with E-state index in [0.29, 0.717) is 6.04 Å². The van der Waals surface area contributed by atoms with Gasteiger partial charge < -0.3 is 10.1 Å². The molecule has 1 atom stereocenters. The fourth-order valence-corrected chi connectivity index (χ4v) is 3.64. The second-order valence-corrected chi connectivity index (χ2v) is 6.38. The minimum Gasteiger partial charge on any atom is -0.493 e. The van der Waals surface area contributed by atoms with E-state index in [4.69, 9.17) is 4.74 Å². The van der Waals surface area contributed by atoms with Gasteiger partial charge in [-0.05, 0) is 54.0 Å². The number of thiophene rings is 1. The Bertz CT molecular complexity index is 574. The second kappa shape index (κ2) is 4.57. The molecule has 0 amide bonds. The summed E-state index contributed by atoms with van der Waals surface area (Å²) in [5.41, 5.74) is 2.57. The smallest absolute Gasteiger partial charge is 0.122 e. The topological polar surface area (TPSA) is 21.3 Å². The van der Waals surface area contributed by atoms with Crippen LogP contribution >= 0.6 is 11.3 Å². The second-order valence-electron chi connectivity index (χ2n) is 5.40. The Balaban J connectivity index is 1.59. The van der Waals surface area contributed by atoms with E-state index < -0.39 is 0 Å². The lowest BCUT2D eigenvalue weighted by atomic mass is 10.1. The van der Waals surface area contributed by atoms with E-state index in [1.165, 1.54) is 29.0 Å². The molecule has 4 rings (SSSR count). The molecular formula is C16H17NOS. The van der Waals surface area contributed by atoms with Crippen molar-refractivity contribution in [2.24, 2.45) is 5.92 Å². The zero-order valence-electron chi connectivity index (χ0n) is 10.8. The highest BCUT2D eigenvalue weighted by Gasteiger charge is 2.33. The summed E-state index contributed by atoms with van der Waals surface area (Å²) >= 11 is 1.86. The van der Waals surface area contributed by atoms with Gasteiger partial charge in [-0.25, -0.2) is 0 Å². The molecule has 0 saturated heterocycles. The summed E-state index contributed by atoms with van der Waals surface area (Å²) in [5, 5.41) is 5.90. The van der Waals surface area contributed by atoms with Gasteiger partial charge in [-0.2, -0.15) is 0 Å². The summed E-state index contributed by atoms with van der Waals surface area (Å²) in [4.78, 5) is 1.46. The van der Waals surface area contributed by atoms with Gasteiger partial charge in [-0.3, -0.25) is 0 Å². The lowest BCUT2D eigenvalue weighted by Crippen LogP contribution is -2.11. The van der Waals surface area contributed by atoms with Crippen LogP contribution in [0, 0.1) is 5.92 Å². The van der Waals surface area contributed by atoms with Crippen LogP contribution in [-0.4, -0.2) is 6.61 Å². The Hall–Kier alpha value is -1.48. The molecule has 1 N–H and O–H groups in total. The normalized spacial score (nSPS) is 18.7. The van der Waals surface area contributed by atoms with Crippen molar-refractivity contribution in [1.29, 1.82) is 0 Å². The Kier molecular flexibility index (Phi) is 2.73. The predicted octanol–water partition coefficient (Wildman–Crippen LogP) is 4.25. The summed E-state index contributed by atoms with van der Waals surface area (Å²) in [6.45, 7) is 0.829. The summed E-state index contributed by atoms with van der Waals surface area (Å²) in [7, 11) is 0. The van der Waals surface area contributed by atoms with Crippen LogP contribution in [0.5, 0.6) is 5.75 Å². The van der Waals surface area contributed by atoms with Crippen molar-refractivity contribution >= 4 is 17.0 Å². The number of anilines is 1. The van der Waals surface area contributed by atoms with Crippen molar-refractivity contribution in [3.05, 3.63) is 46.2 Å². The maximum Gasteiger partial charge on any atom is 0.122 e. The number of hydrogen-bond acceptors (Lipinski definition) is 3. The minimum atomic E-state index is 0.486. The number of nitrogens with one attached hydrogen (secondary N) is 1. The third kappa shape index (κ3) is 2.23. The van der Waals surface area contributed by atoms with Crippen LogP contribution in [0.1, 0.15) is 29.3 Å². The molecule has 0 bridgehead atoms. The Morgan fingerprint density at radius 1 is 1.26 bits per heavy atom. The Morgan fingerprint density at radius 3 is 3.00 bits per heavy atom. The number of ether oxygens (including phenoxy) is 1. The van der Waals surface area contributed by atoms with Crippen molar-refractivity contribution in [3.63, 3.8) is 0 Å². The fraction of sp³-hybridized carbons (Fsp3) is 0.375. The van der Waals surface area contributed by atoms with Crippen molar-refractivity contribution in [2.45, 2.75) is 25.3 Å². The highest BCUT2D eigenvalue weighted by atomic mass is 32.1. The van der Waals surface area contributed by atoms with E-state index >= 15 is 0 Å². The molecule has 2 aromatic rings. The zero-order chi connectivity index (χ0) is 12.7. The van der Waals surface area contributed by atoms with Gasteiger partial charge in [-0.1, -0.05) is 6.07 Å². The molecule has 2 heterocycles. The Labute approximate surface area is 117 Å². The van der Waals surface area contributed by atoms with Gasteiger partial charge >= 0.3 is 0 Å². The van der Waals surface area contributed by atoms with E-state index in [9.17, 15) is 0 Å². The quantitative estimate of drug-likeness (QED) is 0.897. The lowest BCUT2D eigenvalue weighted by Gasteiger charge is -2.18. The maximum absolute atomic E-state index is 5.56. The first-order valence-corrected chi connectivity index (χ1v) is 7.84. The molecule has 1 aliphatic carbocycles. The van der Waals surface area contributed by atoms with E-state index in [1.807, 2.05) is 11.3 Å². The first-order chi connectivity index (χ1) is 9.40. The molecule has 0 spiro atoms. The van der Waals surface area contributed by atoms with Crippen LogP contribution < -0.4 is 10.1 Å². The van der Waals surface area contributed by atoms with Crippen LogP contribution in [-0.2, 0) is 6.42 Å². The van der Waals surface area contributed by atoms with Crippen molar-refractivity contribution in [3.8, 4) is 5.75 Å². The highest BCUT2D eigenvalue weighted by Crippen LogP contribution is 2.44. The van der Waals surface area contributed by atoms with Gasteiger partial charge in [0.15, 0.2) is 0 Å². The summed E-state index contributed by atoms with van der Waals surface area (Å²) in [6.07, 6.45) is 3.74. The monoisotopic (exact) mass is 271 g/mol. The highest BCUT2D eigenvalue weighted by molar-refractivity contribution is 7.10. The molecule has 1 aromatic carbocycles. The van der Waals surface area contributed by atoms with Gasteiger partial charge in [0, 0.05) is 17.0 Å². The molecule has 1 fully saturated rings. The van der Waals surface area contributed by atoms with Crippen LogP contribution in [0.3, 0.4) is 0 Å². The third-order valence-electron chi connectivity index (χ3n) is 3.95. The molecule has 2 aliphatic rings. The van der Waals surface area contributed by atoms with Gasteiger partial charge in [-0.15, -0.1) is 11.3 Å². The van der Waals surface area contributed by atoms with Crippen molar-refractivity contribution in [1.82, 2.24) is 0 Å². The number of hydrogen-bond donors (Lipinski definition) is 1. The number of fused-ring (bicyclic) bond motifs is 1. The molecule has 1 unspecified atom stereocenters.